The molecule has 0 aromatic rings. The van der Waals surface area contributed by atoms with Gasteiger partial charge in [-0.25, -0.2) is 4.79 Å². The summed E-state index contributed by atoms with van der Waals surface area (Å²) in [6, 6.07) is 0. The molecule has 0 amide bonds. The summed E-state index contributed by atoms with van der Waals surface area (Å²) in [7, 11) is 5.97. The van der Waals surface area contributed by atoms with Gasteiger partial charge in [0.15, 0.2) is 6.10 Å². The maximum atomic E-state index is 12.9. The van der Waals surface area contributed by atoms with E-state index in [2.05, 4.69) is 98.9 Å². The second kappa shape index (κ2) is 62.5. The van der Waals surface area contributed by atoms with Crippen molar-refractivity contribution in [1.82, 2.24) is 0 Å². The molecule has 2 atom stereocenters. The number of carbonyl (C=O) groups is 3. The van der Waals surface area contributed by atoms with E-state index in [4.69, 9.17) is 18.9 Å². The van der Waals surface area contributed by atoms with E-state index in [0.717, 1.165) is 89.9 Å². The third kappa shape index (κ3) is 63.9. The van der Waals surface area contributed by atoms with Crippen LogP contribution in [0, 0.1) is 0 Å². The van der Waals surface area contributed by atoms with E-state index in [1.807, 2.05) is 21.1 Å². The van der Waals surface area contributed by atoms with Gasteiger partial charge in [-0.05, 0) is 70.6 Å². The number of ether oxygens (including phenoxy) is 4. The lowest BCUT2D eigenvalue weighted by Crippen LogP contribution is -2.40. The molecule has 0 aromatic carbocycles. The van der Waals surface area contributed by atoms with Crippen LogP contribution < -0.4 is 0 Å². The Morgan fingerprint density at radius 1 is 0.383 bits per heavy atom. The first-order valence-electron chi connectivity index (χ1n) is 33.8. The first-order chi connectivity index (χ1) is 39.6. The van der Waals surface area contributed by atoms with Gasteiger partial charge in [0.05, 0.1) is 34.4 Å². The van der Waals surface area contributed by atoms with Crippen LogP contribution >= 0.6 is 0 Å². The number of unbranched alkanes of at least 4 members (excludes halogenated alkanes) is 33. The fourth-order valence-electron chi connectivity index (χ4n) is 9.53. The second-order valence-corrected chi connectivity index (χ2v) is 23.8. The standard InChI is InChI=1S/C72H127NO8/c1-6-8-10-12-14-16-18-20-22-24-26-28-30-32-34-35-37-39-41-43-45-47-49-51-53-55-57-59-61-63-70(75)81-68(67-80-72(71(76)77)78-65-64-73(3,4)5)66-79-69(74)62-60-58-56-54-52-50-48-46-44-42-40-38-36-33-31-29-27-25-23-21-19-17-15-13-11-9-7-2/h8,10,14,16,20,22,26,28,32,34,37,39,43,45,68,72H,6-7,9,11-13,15,17-19,21,23-25,27,29-31,33,35-36,38,40-42,44,46-67H2,1-5H3/p+1/b10-8-,16-14-,22-20-,28-26-,34-32-,39-37-,45-43-. The lowest BCUT2D eigenvalue weighted by Gasteiger charge is -2.25. The minimum absolute atomic E-state index is 0.183. The van der Waals surface area contributed by atoms with E-state index in [1.165, 1.54) is 173 Å². The molecule has 9 nitrogen and oxygen atoms in total. The summed E-state index contributed by atoms with van der Waals surface area (Å²) in [5, 5.41) is 9.74. The van der Waals surface area contributed by atoms with Crippen molar-refractivity contribution >= 4 is 17.9 Å². The predicted molar refractivity (Wildman–Crippen MR) is 346 cm³/mol. The fourth-order valence-corrected chi connectivity index (χ4v) is 9.53. The highest BCUT2D eigenvalue weighted by molar-refractivity contribution is 5.71. The summed E-state index contributed by atoms with van der Waals surface area (Å²) in [5.41, 5.74) is 0. The molecule has 0 aliphatic rings. The van der Waals surface area contributed by atoms with Gasteiger partial charge in [-0.15, -0.1) is 0 Å². The number of allylic oxidation sites excluding steroid dienone is 14. The number of nitrogens with zero attached hydrogens (tertiary/aromatic N) is 1. The Labute approximate surface area is 500 Å². The van der Waals surface area contributed by atoms with Crippen molar-refractivity contribution in [2.24, 2.45) is 0 Å². The number of quaternary nitrogens is 1. The molecule has 9 heteroatoms. The molecule has 2 unspecified atom stereocenters. The number of likely N-dealkylation sites (N-methyl/N-ethyl adjacent to an activating group) is 1. The molecule has 81 heavy (non-hydrogen) atoms. The van der Waals surface area contributed by atoms with Crippen LogP contribution in [0.3, 0.4) is 0 Å². The van der Waals surface area contributed by atoms with Crippen molar-refractivity contribution in [3.8, 4) is 0 Å². The Hall–Kier alpha value is -3.53. The van der Waals surface area contributed by atoms with Gasteiger partial charge in [0.25, 0.3) is 6.29 Å². The van der Waals surface area contributed by atoms with Gasteiger partial charge < -0.3 is 28.5 Å². The molecule has 0 saturated carbocycles. The molecular weight excluding hydrogens is 1010 g/mol. The number of aliphatic carboxylic acids is 1. The fraction of sp³-hybridized carbons (Fsp3) is 0.764. The number of carbonyl (C=O) groups excluding carboxylic acids is 2. The summed E-state index contributed by atoms with van der Waals surface area (Å²) < 4.78 is 23.0. The number of carboxylic acids is 1. The quantitative estimate of drug-likeness (QED) is 0.0211. The Morgan fingerprint density at radius 2 is 0.704 bits per heavy atom. The maximum absolute atomic E-state index is 12.9. The van der Waals surface area contributed by atoms with Gasteiger partial charge in [-0.2, -0.15) is 0 Å². The number of hydrogen-bond donors (Lipinski definition) is 1. The van der Waals surface area contributed by atoms with Gasteiger partial charge in [-0.1, -0.05) is 298 Å². The Morgan fingerprint density at radius 3 is 1.05 bits per heavy atom. The zero-order valence-corrected chi connectivity index (χ0v) is 53.4. The van der Waals surface area contributed by atoms with Crippen molar-refractivity contribution in [1.29, 1.82) is 0 Å². The lowest BCUT2D eigenvalue weighted by molar-refractivity contribution is -0.870. The van der Waals surface area contributed by atoms with Gasteiger partial charge in [0.2, 0.25) is 0 Å². The Kier molecular flexibility index (Phi) is 59.8. The number of rotatable bonds is 62. The number of carboxylic acid groups (broad SMARTS) is 1. The smallest absolute Gasteiger partial charge is 0.361 e. The third-order valence-corrected chi connectivity index (χ3v) is 14.7. The van der Waals surface area contributed by atoms with Crippen molar-refractivity contribution in [3.63, 3.8) is 0 Å². The van der Waals surface area contributed by atoms with Crippen molar-refractivity contribution < 1.29 is 42.9 Å². The van der Waals surface area contributed by atoms with E-state index < -0.39 is 24.3 Å². The van der Waals surface area contributed by atoms with Gasteiger partial charge >= 0.3 is 17.9 Å². The molecular formula is C72H128NO8+. The van der Waals surface area contributed by atoms with Crippen LogP contribution in [-0.4, -0.2) is 87.4 Å². The average molecular weight is 1140 g/mol. The topological polar surface area (TPSA) is 108 Å². The molecule has 0 fully saturated rings. The first-order valence-corrected chi connectivity index (χ1v) is 33.8. The molecule has 0 heterocycles. The SMILES string of the molecule is CC/C=C\C/C=C\C/C=C\C/C=C\C/C=C\C/C=C\C/C=C\CCCCCCCCCC(=O)OC(COC(=O)CCCCCCCCCCCCCCCCCCCCCCCCCCCCC)COC(OCC[N+](C)(C)C)C(=O)O. The minimum Gasteiger partial charge on any atom is -0.477 e. The number of hydrogen-bond acceptors (Lipinski definition) is 7. The molecule has 1 N–H and O–H groups in total. The molecule has 0 aromatic heterocycles. The zero-order valence-electron chi connectivity index (χ0n) is 53.4. The predicted octanol–water partition coefficient (Wildman–Crippen LogP) is 20.7. The highest BCUT2D eigenvalue weighted by Gasteiger charge is 2.25. The minimum atomic E-state index is -1.52. The molecule has 468 valence electrons. The average Bonchev–Trinajstić information content (AvgIpc) is 3.44. The van der Waals surface area contributed by atoms with Crippen molar-refractivity contribution in [2.75, 3.05) is 47.5 Å². The van der Waals surface area contributed by atoms with E-state index in [9.17, 15) is 19.5 Å². The molecule has 0 aliphatic carbocycles. The monoisotopic (exact) mass is 1130 g/mol. The third-order valence-electron chi connectivity index (χ3n) is 14.7. The van der Waals surface area contributed by atoms with Crippen LogP contribution in [0.25, 0.3) is 0 Å². The normalized spacial score (nSPS) is 13.2. The summed E-state index contributed by atoms with van der Waals surface area (Å²) in [6.45, 7) is 4.79. The zero-order chi connectivity index (χ0) is 59.1. The largest absolute Gasteiger partial charge is 0.477 e. The number of esters is 2. The second-order valence-electron chi connectivity index (χ2n) is 23.8. The van der Waals surface area contributed by atoms with E-state index in [0.29, 0.717) is 23.9 Å². The maximum Gasteiger partial charge on any atom is 0.361 e. The summed E-state index contributed by atoms with van der Waals surface area (Å²) >= 11 is 0. The van der Waals surface area contributed by atoms with Crippen molar-refractivity contribution in [3.05, 3.63) is 85.1 Å². The van der Waals surface area contributed by atoms with Gasteiger partial charge in [0, 0.05) is 12.8 Å². The van der Waals surface area contributed by atoms with Crippen LogP contribution in [0.2, 0.25) is 0 Å². The lowest BCUT2D eigenvalue weighted by atomic mass is 10.0. The van der Waals surface area contributed by atoms with Crippen molar-refractivity contribution in [2.45, 2.75) is 309 Å². The molecule has 0 bridgehead atoms. The molecule has 0 spiro atoms. The van der Waals surface area contributed by atoms with E-state index in [1.54, 1.807) is 0 Å². The van der Waals surface area contributed by atoms with Crippen LogP contribution in [-0.2, 0) is 33.3 Å². The van der Waals surface area contributed by atoms with Gasteiger partial charge in [-0.3, -0.25) is 9.59 Å². The summed E-state index contributed by atoms with van der Waals surface area (Å²) in [4.78, 5) is 37.6. The summed E-state index contributed by atoms with van der Waals surface area (Å²) in [5.74, 6) is -2.01. The van der Waals surface area contributed by atoms with E-state index >= 15 is 0 Å². The highest BCUT2D eigenvalue weighted by Crippen LogP contribution is 2.18. The molecule has 0 saturated heterocycles. The highest BCUT2D eigenvalue weighted by atomic mass is 16.7. The van der Waals surface area contributed by atoms with Gasteiger partial charge in [0.1, 0.15) is 13.2 Å². The van der Waals surface area contributed by atoms with Crippen LogP contribution in [0.1, 0.15) is 296 Å². The Bertz CT molecular complexity index is 1600. The van der Waals surface area contributed by atoms with E-state index in [-0.39, 0.29) is 32.2 Å². The van der Waals surface area contributed by atoms with Crippen LogP contribution in [0.5, 0.6) is 0 Å². The molecule has 0 aliphatic heterocycles. The van der Waals surface area contributed by atoms with Crippen LogP contribution in [0.4, 0.5) is 0 Å². The molecule has 0 radical (unpaired) electrons. The van der Waals surface area contributed by atoms with Crippen LogP contribution in [0.15, 0.2) is 85.1 Å². The summed E-state index contributed by atoms with van der Waals surface area (Å²) in [6.07, 6.45) is 81.1. The molecule has 0 rings (SSSR count). The Balaban J connectivity index is 4.18. The first kappa shape index (κ1) is 77.5.